The lowest BCUT2D eigenvalue weighted by Crippen LogP contribution is -2.43. The van der Waals surface area contributed by atoms with Crippen LogP contribution in [-0.2, 0) is 4.79 Å². The summed E-state index contributed by atoms with van der Waals surface area (Å²) in [6, 6.07) is 0. The zero-order chi connectivity index (χ0) is 14.0. The molecule has 0 amide bonds. The van der Waals surface area contributed by atoms with Gasteiger partial charge in [0.2, 0.25) is 0 Å². The van der Waals surface area contributed by atoms with E-state index in [0.717, 1.165) is 31.7 Å². The van der Waals surface area contributed by atoms with Crippen LogP contribution in [0.15, 0.2) is 0 Å². The van der Waals surface area contributed by atoms with Crippen molar-refractivity contribution in [3.8, 4) is 0 Å². The molecule has 0 aromatic carbocycles. The first-order valence-electron chi connectivity index (χ1n) is 8.96. The van der Waals surface area contributed by atoms with Crippen LogP contribution >= 0.6 is 0 Å². The molecule has 0 bridgehead atoms. The van der Waals surface area contributed by atoms with Crippen LogP contribution in [0.2, 0.25) is 0 Å². The van der Waals surface area contributed by atoms with Gasteiger partial charge in [0.25, 0.3) is 0 Å². The molecule has 3 fully saturated rings. The number of carbonyl (C=O) groups is 1. The minimum absolute atomic E-state index is 0.353. The van der Waals surface area contributed by atoms with E-state index < -0.39 is 0 Å². The van der Waals surface area contributed by atoms with Gasteiger partial charge in [0, 0.05) is 18.9 Å². The van der Waals surface area contributed by atoms with E-state index >= 15 is 0 Å². The molecule has 3 aliphatic rings. The Morgan fingerprint density at radius 1 is 1.15 bits per heavy atom. The molecule has 0 radical (unpaired) electrons. The Kier molecular flexibility index (Phi) is 4.49. The number of likely N-dealkylation sites (tertiary alicyclic amines) is 1. The Hall–Kier alpha value is -0.370. The van der Waals surface area contributed by atoms with Crippen molar-refractivity contribution >= 4 is 5.78 Å². The largest absolute Gasteiger partial charge is 0.303 e. The Balaban J connectivity index is 1.50. The van der Waals surface area contributed by atoms with Crippen LogP contribution in [0.4, 0.5) is 0 Å². The van der Waals surface area contributed by atoms with Crippen molar-refractivity contribution in [2.75, 3.05) is 19.6 Å². The number of hydrogen-bond donors (Lipinski definition) is 0. The zero-order valence-corrected chi connectivity index (χ0v) is 13.2. The molecule has 0 N–H and O–H groups in total. The van der Waals surface area contributed by atoms with E-state index in [1.165, 1.54) is 58.0 Å². The predicted octanol–water partition coefficient (Wildman–Crippen LogP) is 4.04. The molecule has 3 rings (SSSR count). The number of ketones is 1. The molecule has 2 atom stereocenters. The third-order valence-corrected chi connectivity index (χ3v) is 6.51. The maximum atomic E-state index is 12.2. The fourth-order valence-corrected chi connectivity index (χ4v) is 4.90. The summed E-state index contributed by atoms with van der Waals surface area (Å²) in [5.74, 6) is 1.71. The fraction of sp³-hybridized carbons (Fsp3) is 0.944. The van der Waals surface area contributed by atoms with Gasteiger partial charge in [-0.2, -0.15) is 0 Å². The minimum atomic E-state index is 0.353. The summed E-state index contributed by atoms with van der Waals surface area (Å²) in [6.07, 6.45) is 13.1. The fourth-order valence-electron chi connectivity index (χ4n) is 4.90. The van der Waals surface area contributed by atoms with Gasteiger partial charge in [-0.05, 0) is 62.9 Å². The summed E-state index contributed by atoms with van der Waals surface area (Å²) in [6.45, 7) is 5.84. The topological polar surface area (TPSA) is 20.3 Å². The first-order chi connectivity index (χ1) is 9.71. The van der Waals surface area contributed by atoms with Gasteiger partial charge in [-0.3, -0.25) is 4.79 Å². The number of carbonyl (C=O) groups excluding carboxylic acids is 1. The summed E-state index contributed by atoms with van der Waals surface area (Å²) in [5, 5.41) is 0. The second-order valence-corrected chi connectivity index (χ2v) is 7.72. The van der Waals surface area contributed by atoms with Crippen molar-refractivity contribution in [3.05, 3.63) is 0 Å². The number of hydrogen-bond acceptors (Lipinski definition) is 2. The SMILES string of the molecule is CCC1CCC(=O)C(CN2CCC3(CCCC3)CC2)C1. The molecule has 1 saturated heterocycles. The van der Waals surface area contributed by atoms with Crippen LogP contribution in [0.5, 0.6) is 0 Å². The lowest BCUT2D eigenvalue weighted by atomic mass is 9.76. The molecule has 114 valence electrons. The molecule has 2 heteroatoms. The van der Waals surface area contributed by atoms with Crippen molar-refractivity contribution in [1.82, 2.24) is 4.90 Å². The summed E-state index contributed by atoms with van der Waals surface area (Å²) >= 11 is 0. The Morgan fingerprint density at radius 2 is 1.85 bits per heavy atom. The van der Waals surface area contributed by atoms with E-state index in [4.69, 9.17) is 0 Å². The molecule has 20 heavy (non-hydrogen) atoms. The second kappa shape index (κ2) is 6.17. The lowest BCUT2D eigenvalue weighted by molar-refractivity contribution is -0.126. The van der Waals surface area contributed by atoms with Gasteiger partial charge in [-0.25, -0.2) is 0 Å². The maximum Gasteiger partial charge on any atom is 0.137 e. The molecule has 2 unspecified atom stereocenters. The Morgan fingerprint density at radius 3 is 2.50 bits per heavy atom. The molecule has 1 spiro atoms. The average Bonchev–Trinajstić information content (AvgIpc) is 2.92. The number of piperidine rings is 1. The van der Waals surface area contributed by atoms with E-state index in [1.54, 1.807) is 0 Å². The first kappa shape index (κ1) is 14.6. The number of Topliss-reactive ketones (excluding diaryl/α,β-unsaturated/α-hetero) is 1. The normalized spacial score (nSPS) is 34.8. The third kappa shape index (κ3) is 3.10. The molecular formula is C18H31NO. The molecular weight excluding hydrogens is 246 g/mol. The molecule has 0 aromatic heterocycles. The summed E-state index contributed by atoms with van der Waals surface area (Å²) < 4.78 is 0. The highest BCUT2D eigenvalue weighted by Gasteiger charge is 2.38. The molecule has 2 saturated carbocycles. The van der Waals surface area contributed by atoms with Gasteiger partial charge in [-0.1, -0.05) is 26.2 Å². The van der Waals surface area contributed by atoms with Gasteiger partial charge < -0.3 is 4.90 Å². The Labute approximate surface area is 124 Å². The van der Waals surface area contributed by atoms with Crippen LogP contribution in [0.3, 0.4) is 0 Å². The summed E-state index contributed by atoms with van der Waals surface area (Å²) in [4.78, 5) is 14.8. The van der Waals surface area contributed by atoms with Gasteiger partial charge in [0.15, 0.2) is 0 Å². The van der Waals surface area contributed by atoms with Gasteiger partial charge in [0.1, 0.15) is 5.78 Å². The van der Waals surface area contributed by atoms with Crippen LogP contribution in [0.25, 0.3) is 0 Å². The van der Waals surface area contributed by atoms with E-state index in [2.05, 4.69) is 11.8 Å². The summed E-state index contributed by atoms with van der Waals surface area (Å²) in [7, 11) is 0. The zero-order valence-electron chi connectivity index (χ0n) is 13.2. The predicted molar refractivity (Wildman–Crippen MR) is 82.7 cm³/mol. The lowest BCUT2D eigenvalue weighted by Gasteiger charge is -2.41. The van der Waals surface area contributed by atoms with Crippen molar-refractivity contribution < 1.29 is 4.79 Å². The standard InChI is InChI=1S/C18H31NO/c1-2-15-5-6-17(20)16(13-15)14-19-11-9-18(10-12-19)7-3-4-8-18/h15-16H,2-14H2,1H3. The van der Waals surface area contributed by atoms with Crippen molar-refractivity contribution in [1.29, 1.82) is 0 Å². The highest BCUT2D eigenvalue weighted by atomic mass is 16.1. The summed E-state index contributed by atoms with van der Waals surface area (Å²) in [5.41, 5.74) is 0.707. The van der Waals surface area contributed by atoms with E-state index in [1.807, 2.05) is 0 Å². The first-order valence-corrected chi connectivity index (χ1v) is 8.96. The smallest absolute Gasteiger partial charge is 0.137 e. The van der Waals surface area contributed by atoms with Crippen molar-refractivity contribution in [2.24, 2.45) is 17.3 Å². The second-order valence-electron chi connectivity index (χ2n) is 7.72. The number of rotatable bonds is 3. The maximum absolute atomic E-state index is 12.2. The van der Waals surface area contributed by atoms with E-state index in [-0.39, 0.29) is 0 Å². The van der Waals surface area contributed by atoms with Crippen LogP contribution < -0.4 is 0 Å². The van der Waals surface area contributed by atoms with Crippen LogP contribution in [0.1, 0.15) is 71.1 Å². The van der Waals surface area contributed by atoms with E-state index in [9.17, 15) is 4.79 Å². The van der Waals surface area contributed by atoms with Gasteiger partial charge >= 0.3 is 0 Å². The van der Waals surface area contributed by atoms with Crippen LogP contribution in [-0.4, -0.2) is 30.3 Å². The van der Waals surface area contributed by atoms with Crippen molar-refractivity contribution in [2.45, 2.75) is 71.1 Å². The minimum Gasteiger partial charge on any atom is -0.303 e. The third-order valence-electron chi connectivity index (χ3n) is 6.51. The monoisotopic (exact) mass is 277 g/mol. The van der Waals surface area contributed by atoms with Crippen molar-refractivity contribution in [3.63, 3.8) is 0 Å². The van der Waals surface area contributed by atoms with Crippen LogP contribution in [0, 0.1) is 17.3 Å². The van der Waals surface area contributed by atoms with Gasteiger partial charge in [-0.15, -0.1) is 0 Å². The molecule has 1 aliphatic heterocycles. The highest BCUT2D eigenvalue weighted by Crippen LogP contribution is 2.46. The average molecular weight is 277 g/mol. The Bertz CT molecular complexity index is 335. The quantitative estimate of drug-likeness (QED) is 0.776. The van der Waals surface area contributed by atoms with Gasteiger partial charge in [0.05, 0.1) is 0 Å². The number of nitrogens with zero attached hydrogens (tertiary/aromatic N) is 1. The highest BCUT2D eigenvalue weighted by molar-refractivity contribution is 5.81. The molecule has 2 aliphatic carbocycles. The molecule has 0 aromatic rings. The molecule has 1 heterocycles. The molecule has 2 nitrogen and oxygen atoms in total. The van der Waals surface area contributed by atoms with E-state index in [0.29, 0.717) is 17.1 Å².